The molecule has 2 aliphatic rings. The van der Waals surface area contributed by atoms with Crippen molar-refractivity contribution < 1.29 is 4.74 Å². The first-order valence-electron chi connectivity index (χ1n) is 6.18. The fourth-order valence-electron chi connectivity index (χ4n) is 2.60. The lowest BCUT2D eigenvalue weighted by Crippen LogP contribution is -2.59. The molecule has 0 aromatic carbocycles. The smallest absolute Gasteiger partial charge is 0.224 e. The first kappa shape index (κ1) is 12.5. The standard InChI is InChI=1S/C12H15Cl2N3O/c1-8-6-18-12(3-2-4-12)7-17(8)10-9(13)5-15-11(14)16-10/h5,8H,2-4,6-7H2,1H3/t8-/m0/s1. The Labute approximate surface area is 116 Å². The lowest BCUT2D eigenvalue weighted by molar-refractivity contribution is -0.117. The minimum absolute atomic E-state index is 0.00721. The molecule has 98 valence electrons. The third-order valence-corrected chi connectivity index (χ3v) is 4.30. The number of ether oxygens (including phenoxy) is 1. The van der Waals surface area contributed by atoms with Gasteiger partial charge in [0.25, 0.3) is 0 Å². The van der Waals surface area contributed by atoms with Crippen molar-refractivity contribution in [2.45, 2.75) is 37.8 Å². The van der Waals surface area contributed by atoms with E-state index in [9.17, 15) is 0 Å². The van der Waals surface area contributed by atoms with Crippen molar-refractivity contribution in [1.82, 2.24) is 9.97 Å². The zero-order valence-corrected chi connectivity index (χ0v) is 11.7. The predicted molar refractivity (Wildman–Crippen MR) is 71.4 cm³/mol. The summed E-state index contributed by atoms with van der Waals surface area (Å²) in [4.78, 5) is 10.4. The molecule has 6 heteroatoms. The first-order valence-corrected chi connectivity index (χ1v) is 6.94. The first-order chi connectivity index (χ1) is 8.60. The van der Waals surface area contributed by atoms with Crippen LogP contribution in [0.1, 0.15) is 26.2 Å². The van der Waals surface area contributed by atoms with Crippen LogP contribution in [0.5, 0.6) is 0 Å². The maximum Gasteiger partial charge on any atom is 0.224 e. The number of rotatable bonds is 1. The Balaban J connectivity index is 1.91. The topological polar surface area (TPSA) is 38.2 Å². The average molecular weight is 288 g/mol. The van der Waals surface area contributed by atoms with Gasteiger partial charge in [-0.3, -0.25) is 0 Å². The lowest BCUT2D eigenvalue weighted by Gasteiger charge is -2.51. The third-order valence-electron chi connectivity index (χ3n) is 3.85. The normalized spacial score (nSPS) is 26.2. The number of hydrogen-bond donors (Lipinski definition) is 0. The van der Waals surface area contributed by atoms with E-state index < -0.39 is 0 Å². The Morgan fingerprint density at radius 3 is 2.89 bits per heavy atom. The molecule has 18 heavy (non-hydrogen) atoms. The van der Waals surface area contributed by atoms with Crippen LogP contribution in [0.15, 0.2) is 6.20 Å². The van der Waals surface area contributed by atoms with E-state index in [1.807, 2.05) is 0 Å². The monoisotopic (exact) mass is 287 g/mol. The van der Waals surface area contributed by atoms with Crippen molar-refractivity contribution in [2.24, 2.45) is 0 Å². The van der Waals surface area contributed by atoms with E-state index >= 15 is 0 Å². The van der Waals surface area contributed by atoms with Crippen molar-refractivity contribution in [1.29, 1.82) is 0 Å². The van der Waals surface area contributed by atoms with Gasteiger partial charge in [0.05, 0.1) is 24.4 Å². The van der Waals surface area contributed by atoms with Gasteiger partial charge in [-0.2, -0.15) is 4.98 Å². The maximum absolute atomic E-state index is 6.18. The predicted octanol–water partition coefficient (Wildman–Crippen LogP) is 2.93. The summed E-state index contributed by atoms with van der Waals surface area (Å²) in [5.74, 6) is 0.721. The van der Waals surface area contributed by atoms with E-state index in [0.29, 0.717) is 11.6 Å². The summed E-state index contributed by atoms with van der Waals surface area (Å²) in [6.07, 6.45) is 5.03. The highest BCUT2D eigenvalue weighted by molar-refractivity contribution is 6.33. The molecule has 0 bridgehead atoms. The van der Waals surface area contributed by atoms with Crippen molar-refractivity contribution in [3.8, 4) is 0 Å². The Hall–Kier alpha value is -0.580. The van der Waals surface area contributed by atoms with E-state index in [-0.39, 0.29) is 16.9 Å². The second-order valence-corrected chi connectivity index (χ2v) is 5.88. The van der Waals surface area contributed by atoms with Gasteiger partial charge in [-0.15, -0.1) is 0 Å². The highest BCUT2D eigenvalue weighted by Crippen LogP contribution is 2.41. The van der Waals surface area contributed by atoms with Gasteiger partial charge >= 0.3 is 0 Å². The third kappa shape index (κ3) is 2.06. The number of anilines is 1. The van der Waals surface area contributed by atoms with Crippen LogP contribution in [0.25, 0.3) is 0 Å². The van der Waals surface area contributed by atoms with Gasteiger partial charge in [-0.05, 0) is 37.8 Å². The van der Waals surface area contributed by atoms with E-state index in [2.05, 4.69) is 21.8 Å². The molecule has 1 saturated carbocycles. The molecule has 0 N–H and O–H groups in total. The van der Waals surface area contributed by atoms with E-state index in [1.54, 1.807) is 6.20 Å². The molecule has 1 spiro atoms. The number of hydrogen-bond acceptors (Lipinski definition) is 4. The van der Waals surface area contributed by atoms with Crippen molar-refractivity contribution in [2.75, 3.05) is 18.1 Å². The Morgan fingerprint density at radius 1 is 1.44 bits per heavy atom. The Morgan fingerprint density at radius 2 is 2.22 bits per heavy atom. The summed E-state index contributed by atoms with van der Waals surface area (Å²) in [6.45, 7) is 3.65. The van der Waals surface area contributed by atoms with Crippen molar-refractivity contribution in [3.05, 3.63) is 16.5 Å². The summed E-state index contributed by atoms with van der Waals surface area (Å²) in [6, 6.07) is 0.250. The fraction of sp³-hybridized carbons (Fsp3) is 0.667. The van der Waals surface area contributed by atoms with Crippen LogP contribution in [0.2, 0.25) is 10.3 Å². The van der Waals surface area contributed by atoms with Gasteiger partial charge in [0.15, 0.2) is 5.82 Å². The molecule has 4 nitrogen and oxygen atoms in total. The van der Waals surface area contributed by atoms with Crippen LogP contribution in [-0.4, -0.2) is 34.8 Å². The molecule has 3 rings (SSSR count). The molecule has 1 aromatic rings. The molecule has 2 heterocycles. The largest absolute Gasteiger partial charge is 0.371 e. The van der Waals surface area contributed by atoms with Crippen molar-refractivity contribution >= 4 is 29.0 Å². The number of halogens is 2. The molecule has 1 aromatic heterocycles. The number of aromatic nitrogens is 2. The Bertz CT molecular complexity index is 465. The van der Waals surface area contributed by atoms with Gasteiger partial charge in [0, 0.05) is 6.54 Å². The quantitative estimate of drug-likeness (QED) is 0.745. The molecule has 2 fully saturated rings. The molecule has 0 radical (unpaired) electrons. The fourth-order valence-corrected chi connectivity index (χ4v) is 2.92. The molecular weight excluding hydrogens is 273 g/mol. The van der Waals surface area contributed by atoms with Crippen molar-refractivity contribution in [3.63, 3.8) is 0 Å². The number of nitrogens with zero attached hydrogens (tertiary/aromatic N) is 3. The van der Waals surface area contributed by atoms with Crippen LogP contribution in [0, 0.1) is 0 Å². The van der Waals surface area contributed by atoms with Crippen LogP contribution in [0.4, 0.5) is 5.82 Å². The number of morpholine rings is 1. The molecule has 1 saturated heterocycles. The highest BCUT2D eigenvalue weighted by atomic mass is 35.5. The van der Waals surface area contributed by atoms with E-state index in [0.717, 1.165) is 25.2 Å². The van der Waals surface area contributed by atoms with Crippen LogP contribution in [0.3, 0.4) is 0 Å². The second kappa shape index (κ2) is 4.51. The minimum atomic E-state index is 0.00721. The molecule has 1 aliphatic carbocycles. The van der Waals surface area contributed by atoms with E-state index in [4.69, 9.17) is 27.9 Å². The maximum atomic E-state index is 6.18. The van der Waals surface area contributed by atoms with Gasteiger partial charge in [-0.1, -0.05) is 11.6 Å². The summed E-state index contributed by atoms with van der Waals surface area (Å²) in [5, 5.41) is 0.776. The summed E-state index contributed by atoms with van der Waals surface area (Å²) < 4.78 is 5.97. The average Bonchev–Trinajstić information content (AvgIpc) is 2.31. The van der Waals surface area contributed by atoms with Gasteiger partial charge < -0.3 is 9.64 Å². The molecule has 1 atom stereocenters. The SMILES string of the molecule is C[C@H]1COC2(CCC2)CN1c1nc(Cl)ncc1Cl. The zero-order chi connectivity index (χ0) is 12.8. The second-order valence-electron chi connectivity index (χ2n) is 5.14. The van der Waals surface area contributed by atoms with E-state index in [1.165, 1.54) is 6.42 Å². The van der Waals surface area contributed by atoms with Crippen LogP contribution >= 0.6 is 23.2 Å². The minimum Gasteiger partial charge on any atom is -0.371 e. The summed E-state index contributed by atoms with van der Waals surface area (Å²) >= 11 is 12.0. The van der Waals surface area contributed by atoms with Crippen LogP contribution in [-0.2, 0) is 4.74 Å². The molecular formula is C12H15Cl2N3O. The molecule has 0 unspecified atom stereocenters. The van der Waals surface area contributed by atoms with Gasteiger partial charge in [-0.25, -0.2) is 4.98 Å². The molecule has 1 aliphatic heterocycles. The summed E-state index contributed by atoms with van der Waals surface area (Å²) in [7, 11) is 0. The highest BCUT2D eigenvalue weighted by Gasteiger charge is 2.44. The molecule has 0 amide bonds. The van der Waals surface area contributed by atoms with Crippen LogP contribution < -0.4 is 4.90 Å². The zero-order valence-electron chi connectivity index (χ0n) is 10.2. The Kier molecular flexibility index (Phi) is 3.12. The summed E-state index contributed by atoms with van der Waals surface area (Å²) in [5.41, 5.74) is 0.00721. The lowest BCUT2D eigenvalue weighted by atomic mass is 9.78. The van der Waals surface area contributed by atoms with Gasteiger partial charge in [0.2, 0.25) is 5.28 Å². The van der Waals surface area contributed by atoms with Gasteiger partial charge in [0.1, 0.15) is 5.02 Å².